The van der Waals surface area contributed by atoms with E-state index in [2.05, 4.69) is 5.32 Å². The Balaban J connectivity index is 1.95. The number of halogens is 1. The zero-order valence-corrected chi connectivity index (χ0v) is 13.5. The quantitative estimate of drug-likeness (QED) is 0.653. The summed E-state index contributed by atoms with van der Waals surface area (Å²) in [5, 5.41) is 3.49. The summed E-state index contributed by atoms with van der Waals surface area (Å²) in [6.07, 6.45) is 0. The molecule has 2 rings (SSSR count). The number of nitrogens with two attached hydrogens (primary N) is 1. The van der Waals surface area contributed by atoms with Gasteiger partial charge >= 0.3 is 0 Å². The molecule has 0 aromatic heterocycles. The highest BCUT2D eigenvalue weighted by molar-refractivity contribution is 8.00. The van der Waals surface area contributed by atoms with Crippen LogP contribution in [0.15, 0.2) is 41.3 Å². The number of thioether (sulfide) groups is 1. The summed E-state index contributed by atoms with van der Waals surface area (Å²) in [5.74, 6) is 0.287. The zero-order chi connectivity index (χ0) is 15.4. The van der Waals surface area contributed by atoms with E-state index in [1.807, 2.05) is 38.1 Å². The third kappa shape index (κ3) is 4.41. The van der Waals surface area contributed by atoms with E-state index >= 15 is 0 Å². The molecule has 0 unspecified atom stereocenters. The van der Waals surface area contributed by atoms with Crippen molar-refractivity contribution < 1.29 is 4.79 Å². The fourth-order valence-corrected chi connectivity index (χ4v) is 2.77. The first-order valence-corrected chi connectivity index (χ1v) is 7.87. The van der Waals surface area contributed by atoms with Gasteiger partial charge in [-0.3, -0.25) is 4.79 Å². The molecule has 0 heterocycles. The highest BCUT2D eigenvalue weighted by Crippen LogP contribution is 2.24. The number of carbonyl (C=O) groups excluding carboxylic acids is 1. The van der Waals surface area contributed by atoms with E-state index in [1.165, 1.54) is 11.8 Å². The molecule has 0 bridgehead atoms. The van der Waals surface area contributed by atoms with Crippen molar-refractivity contribution in [1.82, 2.24) is 0 Å². The lowest BCUT2D eigenvalue weighted by molar-refractivity contribution is -0.113. The van der Waals surface area contributed by atoms with Crippen LogP contribution >= 0.6 is 23.4 Å². The molecule has 1 amide bonds. The van der Waals surface area contributed by atoms with Gasteiger partial charge in [-0.1, -0.05) is 17.7 Å². The van der Waals surface area contributed by atoms with Gasteiger partial charge in [0, 0.05) is 21.3 Å². The minimum atomic E-state index is -0.0557. The molecule has 5 heteroatoms. The number of hydrogen-bond acceptors (Lipinski definition) is 3. The Hall–Kier alpha value is -1.65. The number of hydrogen-bond donors (Lipinski definition) is 2. The Kier molecular flexibility index (Phi) is 5.15. The number of amides is 1. The van der Waals surface area contributed by atoms with Crippen molar-refractivity contribution in [2.24, 2.45) is 0 Å². The van der Waals surface area contributed by atoms with E-state index < -0.39 is 0 Å². The van der Waals surface area contributed by atoms with Gasteiger partial charge in [-0.25, -0.2) is 0 Å². The molecule has 21 heavy (non-hydrogen) atoms. The fourth-order valence-electron chi connectivity index (χ4n) is 1.80. The van der Waals surface area contributed by atoms with E-state index in [0.717, 1.165) is 27.4 Å². The average Bonchev–Trinajstić information content (AvgIpc) is 2.44. The van der Waals surface area contributed by atoms with Gasteiger partial charge in [0.2, 0.25) is 5.91 Å². The normalized spacial score (nSPS) is 10.4. The van der Waals surface area contributed by atoms with Gasteiger partial charge in [-0.05, 0) is 55.3 Å². The molecule has 0 radical (unpaired) electrons. The number of benzene rings is 2. The second-order valence-corrected chi connectivity index (χ2v) is 6.30. The minimum absolute atomic E-state index is 0.0557. The second-order valence-electron chi connectivity index (χ2n) is 4.81. The summed E-state index contributed by atoms with van der Waals surface area (Å²) < 4.78 is 0. The van der Waals surface area contributed by atoms with Gasteiger partial charge in [0.05, 0.1) is 5.75 Å². The van der Waals surface area contributed by atoms with Gasteiger partial charge in [-0.2, -0.15) is 0 Å². The molecule has 2 aromatic carbocycles. The Morgan fingerprint density at radius 3 is 2.67 bits per heavy atom. The van der Waals surface area contributed by atoms with Crippen molar-refractivity contribution in [2.75, 3.05) is 16.8 Å². The van der Waals surface area contributed by atoms with Crippen molar-refractivity contribution in [3.8, 4) is 0 Å². The van der Waals surface area contributed by atoms with E-state index in [9.17, 15) is 4.79 Å². The lowest BCUT2D eigenvalue weighted by Gasteiger charge is -2.09. The highest BCUT2D eigenvalue weighted by atomic mass is 35.5. The van der Waals surface area contributed by atoms with Crippen LogP contribution in [-0.4, -0.2) is 11.7 Å². The molecule has 0 aliphatic rings. The molecule has 0 aliphatic carbocycles. The van der Waals surface area contributed by atoms with Crippen LogP contribution in [-0.2, 0) is 4.79 Å². The summed E-state index contributed by atoms with van der Waals surface area (Å²) >= 11 is 7.42. The van der Waals surface area contributed by atoms with Crippen molar-refractivity contribution in [3.63, 3.8) is 0 Å². The molecular weight excluding hydrogens is 304 g/mol. The number of carbonyl (C=O) groups is 1. The third-order valence-corrected chi connectivity index (χ3v) is 4.31. The summed E-state index contributed by atoms with van der Waals surface area (Å²) in [6, 6.07) is 11.2. The molecule has 0 fully saturated rings. The Labute approximate surface area is 133 Å². The Morgan fingerprint density at radius 1 is 1.19 bits per heavy atom. The topological polar surface area (TPSA) is 55.1 Å². The third-order valence-electron chi connectivity index (χ3n) is 3.08. The lowest BCUT2D eigenvalue weighted by Crippen LogP contribution is -2.14. The molecule has 0 saturated heterocycles. The molecule has 0 saturated carbocycles. The van der Waals surface area contributed by atoms with E-state index in [-0.39, 0.29) is 5.91 Å². The average molecular weight is 321 g/mol. The fraction of sp³-hybridized carbons (Fsp3) is 0.188. The van der Waals surface area contributed by atoms with Crippen molar-refractivity contribution in [3.05, 3.63) is 52.5 Å². The van der Waals surface area contributed by atoms with Crippen molar-refractivity contribution in [1.29, 1.82) is 0 Å². The van der Waals surface area contributed by atoms with Crippen LogP contribution in [0, 0.1) is 13.8 Å². The van der Waals surface area contributed by atoms with Gasteiger partial charge in [0.15, 0.2) is 0 Å². The maximum absolute atomic E-state index is 12.0. The van der Waals surface area contributed by atoms with Crippen LogP contribution in [0.1, 0.15) is 11.1 Å². The van der Waals surface area contributed by atoms with Crippen LogP contribution in [0.2, 0.25) is 5.02 Å². The zero-order valence-electron chi connectivity index (χ0n) is 11.9. The minimum Gasteiger partial charge on any atom is -0.399 e. The molecule has 0 spiro atoms. The van der Waals surface area contributed by atoms with Crippen LogP contribution in [0.3, 0.4) is 0 Å². The molecule has 0 aliphatic heterocycles. The standard InChI is InChI=1S/C16H17ClN2OS/c1-10-3-4-12(17)8-15(10)19-16(20)9-21-13-5-6-14(18)11(2)7-13/h3-8H,9,18H2,1-2H3,(H,19,20). The Bertz CT molecular complexity index is 673. The number of aryl methyl sites for hydroxylation is 2. The number of nitrogens with one attached hydrogen (secondary N) is 1. The number of nitrogen functional groups attached to an aromatic ring is 1. The van der Waals surface area contributed by atoms with E-state index in [4.69, 9.17) is 17.3 Å². The largest absolute Gasteiger partial charge is 0.399 e. The molecular formula is C16H17ClN2OS. The number of anilines is 2. The van der Waals surface area contributed by atoms with E-state index in [0.29, 0.717) is 10.8 Å². The van der Waals surface area contributed by atoms with Crippen molar-refractivity contribution >= 4 is 40.6 Å². The van der Waals surface area contributed by atoms with Crippen molar-refractivity contribution in [2.45, 2.75) is 18.7 Å². The summed E-state index contributed by atoms with van der Waals surface area (Å²) in [5.41, 5.74) is 9.30. The second kappa shape index (κ2) is 6.87. The summed E-state index contributed by atoms with van der Waals surface area (Å²) in [7, 11) is 0. The molecule has 0 atom stereocenters. The predicted molar refractivity (Wildman–Crippen MR) is 91.1 cm³/mol. The Morgan fingerprint density at radius 2 is 1.95 bits per heavy atom. The highest BCUT2D eigenvalue weighted by Gasteiger charge is 2.07. The summed E-state index contributed by atoms with van der Waals surface area (Å²) in [6.45, 7) is 3.89. The van der Waals surface area contributed by atoms with Gasteiger partial charge in [0.25, 0.3) is 0 Å². The lowest BCUT2D eigenvalue weighted by atomic mass is 10.2. The van der Waals surface area contributed by atoms with Crippen LogP contribution in [0.4, 0.5) is 11.4 Å². The first-order chi connectivity index (χ1) is 9.95. The van der Waals surface area contributed by atoms with Crippen LogP contribution < -0.4 is 11.1 Å². The number of rotatable bonds is 4. The molecule has 2 aromatic rings. The maximum atomic E-state index is 12.0. The first kappa shape index (κ1) is 15.7. The monoisotopic (exact) mass is 320 g/mol. The van der Waals surface area contributed by atoms with E-state index in [1.54, 1.807) is 12.1 Å². The van der Waals surface area contributed by atoms with Crippen LogP contribution in [0.5, 0.6) is 0 Å². The smallest absolute Gasteiger partial charge is 0.234 e. The molecule has 110 valence electrons. The maximum Gasteiger partial charge on any atom is 0.234 e. The van der Waals surface area contributed by atoms with Gasteiger partial charge in [0.1, 0.15) is 0 Å². The SMILES string of the molecule is Cc1cc(SCC(=O)Nc2cc(Cl)ccc2C)ccc1N. The first-order valence-electron chi connectivity index (χ1n) is 6.50. The van der Waals surface area contributed by atoms with Gasteiger partial charge in [-0.15, -0.1) is 11.8 Å². The predicted octanol–water partition coefficient (Wildman–Crippen LogP) is 4.27. The molecule has 3 N–H and O–H groups in total. The van der Waals surface area contributed by atoms with Gasteiger partial charge < -0.3 is 11.1 Å². The molecule has 3 nitrogen and oxygen atoms in total. The van der Waals surface area contributed by atoms with Crippen LogP contribution in [0.25, 0.3) is 0 Å². The summed E-state index contributed by atoms with van der Waals surface area (Å²) in [4.78, 5) is 13.0.